The first kappa shape index (κ1) is 22.0. The van der Waals surface area contributed by atoms with E-state index in [0.29, 0.717) is 12.5 Å². The highest BCUT2D eigenvalue weighted by Gasteiger charge is 2.47. The van der Waals surface area contributed by atoms with Crippen LogP contribution in [0.2, 0.25) is 0 Å². The first-order valence-corrected chi connectivity index (χ1v) is 10.1. The molecule has 3 unspecified atom stereocenters. The molecule has 2 aliphatic heterocycles. The van der Waals surface area contributed by atoms with E-state index in [-0.39, 0.29) is 6.10 Å². The molecule has 0 amide bonds. The van der Waals surface area contributed by atoms with Gasteiger partial charge in [0.2, 0.25) is 0 Å². The fourth-order valence-electron chi connectivity index (χ4n) is 3.29. The largest absolute Gasteiger partial charge is 0.497 e. The molecule has 29 heavy (non-hydrogen) atoms. The second kappa shape index (κ2) is 10.4. The molecule has 0 bridgehead atoms. The third-order valence-electron chi connectivity index (χ3n) is 5.00. The van der Waals surface area contributed by atoms with Crippen LogP contribution in [-0.2, 0) is 20.1 Å². The maximum Gasteiger partial charge on any atom is 0.184 e. The van der Waals surface area contributed by atoms with Crippen LogP contribution in [0.1, 0.15) is 24.3 Å². The molecule has 4 rings (SSSR count). The van der Waals surface area contributed by atoms with Gasteiger partial charge in [-0.3, -0.25) is 0 Å². The van der Waals surface area contributed by atoms with E-state index < -0.39 is 30.7 Å². The van der Waals surface area contributed by atoms with Crippen molar-refractivity contribution in [3.63, 3.8) is 0 Å². The summed E-state index contributed by atoms with van der Waals surface area (Å²) in [6.07, 6.45) is -3.74. The predicted molar refractivity (Wildman–Crippen MR) is 109 cm³/mol. The van der Waals surface area contributed by atoms with E-state index in [1.165, 1.54) is 0 Å². The minimum Gasteiger partial charge on any atom is -0.497 e. The van der Waals surface area contributed by atoms with Gasteiger partial charge in [0.15, 0.2) is 6.29 Å². The summed E-state index contributed by atoms with van der Waals surface area (Å²) >= 11 is 5.58. The highest BCUT2D eigenvalue weighted by molar-refractivity contribution is 6.17. The lowest BCUT2D eigenvalue weighted by Gasteiger charge is -2.45. The maximum absolute atomic E-state index is 10.1. The Bertz CT molecular complexity index is 716. The quantitative estimate of drug-likeness (QED) is 0.740. The van der Waals surface area contributed by atoms with Crippen molar-refractivity contribution in [1.29, 1.82) is 0 Å². The Morgan fingerprint density at radius 3 is 2.31 bits per heavy atom. The number of halogens is 1. The molecule has 0 spiro atoms. The molecule has 6 atom stereocenters. The average Bonchev–Trinajstić information content (AvgIpc) is 2.78. The van der Waals surface area contributed by atoms with Gasteiger partial charge >= 0.3 is 0 Å². The van der Waals surface area contributed by atoms with Crippen molar-refractivity contribution in [2.75, 3.05) is 13.7 Å². The lowest BCUT2D eigenvalue weighted by molar-refractivity contribution is -0.326. The van der Waals surface area contributed by atoms with Crippen molar-refractivity contribution in [2.24, 2.45) is 0 Å². The van der Waals surface area contributed by atoms with Crippen LogP contribution in [0.5, 0.6) is 5.75 Å². The van der Waals surface area contributed by atoms with Crippen LogP contribution in [0.4, 0.5) is 0 Å². The maximum atomic E-state index is 10.1. The summed E-state index contributed by atoms with van der Waals surface area (Å²) in [5.41, 5.74) is 2.00. The van der Waals surface area contributed by atoms with Gasteiger partial charge in [-0.15, -0.1) is 11.6 Å². The van der Waals surface area contributed by atoms with Crippen molar-refractivity contribution in [3.8, 4) is 5.75 Å². The number of rotatable bonds is 3. The zero-order valence-electron chi connectivity index (χ0n) is 16.5. The smallest absolute Gasteiger partial charge is 0.184 e. The fraction of sp³-hybridized carbons (Fsp3) is 0.455. The predicted octanol–water partition coefficient (Wildman–Crippen LogP) is 3.04. The Kier molecular flexibility index (Phi) is 7.89. The van der Waals surface area contributed by atoms with Crippen LogP contribution in [-0.4, -0.2) is 54.4 Å². The molecular weight excluding hydrogens is 396 g/mol. The first-order valence-electron chi connectivity index (χ1n) is 9.56. The highest BCUT2D eigenvalue weighted by Crippen LogP contribution is 2.33. The van der Waals surface area contributed by atoms with Gasteiger partial charge in [-0.2, -0.15) is 0 Å². The second-order valence-corrected chi connectivity index (χ2v) is 7.29. The van der Waals surface area contributed by atoms with Crippen LogP contribution in [0.3, 0.4) is 0 Å². The topological polar surface area (TPSA) is 77.4 Å². The van der Waals surface area contributed by atoms with Crippen molar-refractivity contribution in [2.45, 2.75) is 49.6 Å². The normalized spacial score (nSPS) is 31.2. The molecule has 2 aromatic rings. The van der Waals surface area contributed by atoms with Crippen LogP contribution in [0, 0.1) is 0 Å². The number of fused-ring (bicyclic) bond motifs is 1. The lowest BCUT2D eigenvalue weighted by Crippen LogP contribution is -2.60. The first-order chi connectivity index (χ1) is 14.0. The van der Waals surface area contributed by atoms with E-state index in [1.54, 1.807) is 14.0 Å². The molecule has 0 aliphatic carbocycles. The minimum atomic E-state index is -0.955. The summed E-state index contributed by atoms with van der Waals surface area (Å²) in [5.74, 6) is 1.43. The van der Waals surface area contributed by atoms with Crippen molar-refractivity contribution < 1.29 is 29.2 Å². The molecule has 2 N–H and O–H groups in total. The molecule has 2 aliphatic rings. The average molecular weight is 423 g/mol. The zero-order chi connectivity index (χ0) is 20.8. The van der Waals surface area contributed by atoms with Crippen molar-refractivity contribution in [1.82, 2.24) is 0 Å². The van der Waals surface area contributed by atoms with Gasteiger partial charge in [0.1, 0.15) is 30.2 Å². The fourth-order valence-corrected chi connectivity index (χ4v) is 3.47. The number of alkyl halides is 1. The molecule has 2 aromatic carbocycles. The summed E-state index contributed by atoms with van der Waals surface area (Å²) in [4.78, 5) is 0. The summed E-state index contributed by atoms with van der Waals surface area (Å²) in [6, 6.07) is 17.2. The third-order valence-corrected chi connectivity index (χ3v) is 5.31. The standard InChI is InChI=1S/C14H18O5.C8H9ClO/c1-8-11(15)12(16)13-10(18-8)7-17-14(19-13)9-5-3-2-4-6-9;1-10-8-4-2-7(6-9)3-5-8/h2-6,8,10-16H,7H2,1H3;2-5H,6H2,1H3/t8-,10?,11?,12-,13-,14?;/m1./s1. The minimum absolute atomic E-state index is 0.339. The Morgan fingerprint density at radius 1 is 1.00 bits per heavy atom. The van der Waals surface area contributed by atoms with Crippen molar-refractivity contribution >= 4 is 11.6 Å². The van der Waals surface area contributed by atoms with Gasteiger partial charge in [0.05, 0.1) is 19.8 Å². The number of hydrogen-bond donors (Lipinski definition) is 2. The summed E-state index contributed by atoms with van der Waals surface area (Å²) < 4.78 is 21.9. The molecule has 2 fully saturated rings. The van der Waals surface area contributed by atoms with E-state index in [0.717, 1.165) is 16.9 Å². The van der Waals surface area contributed by atoms with Gasteiger partial charge in [0, 0.05) is 11.4 Å². The summed E-state index contributed by atoms with van der Waals surface area (Å²) in [5, 5.41) is 19.9. The van der Waals surface area contributed by atoms with Gasteiger partial charge in [-0.25, -0.2) is 0 Å². The van der Waals surface area contributed by atoms with Gasteiger partial charge in [-0.05, 0) is 24.6 Å². The Hall–Kier alpha value is -1.67. The van der Waals surface area contributed by atoms with Crippen LogP contribution >= 0.6 is 11.6 Å². The Labute approximate surface area is 175 Å². The number of aliphatic hydroxyl groups is 2. The Morgan fingerprint density at radius 2 is 1.69 bits per heavy atom. The molecule has 0 aromatic heterocycles. The second-order valence-electron chi connectivity index (χ2n) is 7.02. The zero-order valence-corrected chi connectivity index (χ0v) is 17.2. The van der Waals surface area contributed by atoms with Gasteiger partial charge in [-0.1, -0.05) is 42.5 Å². The number of ether oxygens (including phenoxy) is 4. The molecule has 6 nitrogen and oxygen atoms in total. The van der Waals surface area contributed by atoms with E-state index in [1.807, 2.05) is 54.6 Å². The monoisotopic (exact) mass is 422 g/mol. The number of benzene rings is 2. The van der Waals surface area contributed by atoms with Gasteiger partial charge in [0.25, 0.3) is 0 Å². The summed E-state index contributed by atoms with van der Waals surface area (Å²) in [6.45, 7) is 2.08. The Balaban J connectivity index is 0.000000204. The van der Waals surface area contributed by atoms with Crippen LogP contribution < -0.4 is 4.74 Å². The number of hydrogen-bond acceptors (Lipinski definition) is 6. The lowest BCUT2D eigenvalue weighted by atomic mass is 9.95. The van der Waals surface area contributed by atoms with E-state index >= 15 is 0 Å². The van der Waals surface area contributed by atoms with Gasteiger partial charge < -0.3 is 29.2 Å². The van der Waals surface area contributed by atoms with E-state index in [4.69, 9.17) is 30.5 Å². The molecule has 2 heterocycles. The molecule has 7 heteroatoms. The molecule has 158 valence electrons. The molecule has 0 saturated carbocycles. The van der Waals surface area contributed by atoms with E-state index in [9.17, 15) is 10.2 Å². The highest BCUT2D eigenvalue weighted by atomic mass is 35.5. The van der Waals surface area contributed by atoms with Crippen LogP contribution in [0.25, 0.3) is 0 Å². The van der Waals surface area contributed by atoms with E-state index in [2.05, 4.69) is 0 Å². The number of aliphatic hydroxyl groups excluding tert-OH is 2. The number of methoxy groups -OCH3 is 1. The van der Waals surface area contributed by atoms with Crippen molar-refractivity contribution in [3.05, 3.63) is 65.7 Å². The summed E-state index contributed by atoms with van der Waals surface area (Å²) in [7, 11) is 1.65. The SMILES string of the molecule is COc1ccc(CCl)cc1.C[C@H]1OC2COC(c3ccccc3)O[C@H]2[C@H](O)C1O. The molecule has 2 saturated heterocycles. The molecular formula is C22H27ClO6. The molecule has 0 radical (unpaired) electrons. The van der Waals surface area contributed by atoms with Crippen LogP contribution in [0.15, 0.2) is 54.6 Å². The third kappa shape index (κ3) is 5.48.